The number of nitrogens with zero attached hydrogens (tertiary/aromatic N) is 2. The monoisotopic (exact) mass is 223 g/mol. The molecule has 0 saturated carbocycles. The molecule has 0 aliphatic carbocycles. The summed E-state index contributed by atoms with van der Waals surface area (Å²) in [6.45, 7) is 4.48. The van der Waals surface area contributed by atoms with Crippen molar-refractivity contribution >= 4 is 23.4 Å². The summed E-state index contributed by atoms with van der Waals surface area (Å²) in [5.41, 5.74) is 0. The zero-order valence-corrected chi connectivity index (χ0v) is 10.0. The highest BCUT2D eigenvalue weighted by Crippen LogP contribution is 2.22. The van der Waals surface area contributed by atoms with Gasteiger partial charge in [-0.3, -0.25) is 0 Å². The molecule has 0 aromatic carbocycles. The molecule has 1 fully saturated rings. The van der Waals surface area contributed by atoms with E-state index in [0.29, 0.717) is 5.25 Å². The van der Waals surface area contributed by atoms with Crippen molar-refractivity contribution in [1.29, 1.82) is 0 Å². The number of rotatable bonds is 2. The largest absolute Gasteiger partial charge is 0.373 e. The van der Waals surface area contributed by atoms with Crippen LogP contribution in [0.1, 0.15) is 6.92 Å². The van der Waals surface area contributed by atoms with Gasteiger partial charge in [0.25, 0.3) is 0 Å². The van der Waals surface area contributed by atoms with Crippen LogP contribution in [0.25, 0.3) is 0 Å². The summed E-state index contributed by atoms with van der Waals surface area (Å²) < 4.78 is 0. The van der Waals surface area contributed by atoms with Crippen LogP contribution in [0.3, 0.4) is 0 Å². The lowest BCUT2D eigenvalue weighted by Crippen LogP contribution is -2.37. The number of aromatic nitrogens is 1. The van der Waals surface area contributed by atoms with Crippen molar-refractivity contribution in [1.82, 2.24) is 4.98 Å². The first kappa shape index (κ1) is 10.6. The van der Waals surface area contributed by atoms with Crippen molar-refractivity contribution in [3.8, 4) is 0 Å². The molecular weight excluding hydrogens is 206 g/mol. The normalized spacial score (nSPS) is 21.5. The van der Waals surface area contributed by atoms with E-state index in [1.54, 1.807) is 0 Å². The molecule has 1 unspecified atom stereocenters. The fourth-order valence-corrected chi connectivity index (χ4v) is 2.78. The van der Waals surface area contributed by atoms with E-state index in [-0.39, 0.29) is 0 Å². The molecule has 3 nitrogen and oxygen atoms in total. The standard InChI is InChI=1S/C11H17N3S/c1-9-8-14(6-7-15-9)11-5-3-4-10(12-2)13-11/h3-5,9H,6-8H2,1-2H3,(H,12,13). The first-order chi connectivity index (χ1) is 7.29. The van der Waals surface area contributed by atoms with E-state index in [2.05, 4.69) is 34.3 Å². The molecule has 2 rings (SSSR count). The second kappa shape index (κ2) is 4.75. The zero-order chi connectivity index (χ0) is 10.7. The zero-order valence-electron chi connectivity index (χ0n) is 9.23. The molecule has 0 radical (unpaired) electrons. The molecule has 15 heavy (non-hydrogen) atoms. The summed E-state index contributed by atoms with van der Waals surface area (Å²) in [6.07, 6.45) is 0. The first-order valence-corrected chi connectivity index (χ1v) is 6.36. The van der Waals surface area contributed by atoms with Gasteiger partial charge in [0.05, 0.1) is 0 Å². The minimum atomic E-state index is 0.707. The molecule has 1 N–H and O–H groups in total. The van der Waals surface area contributed by atoms with Gasteiger partial charge in [0.15, 0.2) is 0 Å². The van der Waals surface area contributed by atoms with Gasteiger partial charge in [-0.25, -0.2) is 4.98 Å². The van der Waals surface area contributed by atoms with Crippen LogP contribution >= 0.6 is 11.8 Å². The van der Waals surface area contributed by atoms with Gasteiger partial charge in [0.2, 0.25) is 0 Å². The second-order valence-electron chi connectivity index (χ2n) is 3.76. The van der Waals surface area contributed by atoms with Crippen LogP contribution in [0, 0.1) is 0 Å². The summed E-state index contributed by atoms with van der Waals surface area (Å²) in [4.78, 5) is 6.92. The third kappa shape index (κ3) is 2.56. The lowest BCUT2D eigenvalue weighted by Gasteiger charge is -2.31. The average molecular weight is 223 g/mol. The van der Waals surface area contributed by atoms with Crippen LogP contribution in [0.5, 0.6) is 0 Å². The van der Waals surface area contributed by atoms with Gasteiger partial charge in [0, 0.05) is 31.1 Å². The third-order valence-corrected chi connectivity index (χ3v) is 3.69. The Hall–Kier alpha value is -0.900. The molecule has 1 aromatic heterocycles. The van der Waals surface area contributed by atoms with Gasteiger partial charge < -0.3 is 10.2 Å². The summed E-state index contributed by atoms with van der Waals surface area (Å²) in [5, 5.41) is 3.78. The van der Waals surface area contributed by atoms with Crippen LogP contribution in [-0.4, -0.2) is 36.1 Å². The molecule has 0 amide bonds. The van der Waals surface area contributed by atoms with Crippen molar-refractivity contribution < 1.29 is 0 Å². The SMILES string of the molecule is CNc1cccc(N2CCSC(C)C2)n1. The van der Waals surface area contributed by atoms with Gasteiger partial charge in [-0.05, 0) is 12.1 Å². The highest BCUT2D eigenvalue weighted by Gasteiger charge is 2.17. The van der Waals surface area contributed by atoms with E-state index < -0.39 is 0 Å². The number of thioether (sulfide) groups is 1. The van der Waals surface area contributed by atoms with Crippen LogP contribution in [0.2, 0.25) is 0 Å². The summed E-state index contributed by atoms with van der Waals surface area (Å²) in [7, 11) is 1.90. The number of nitrogens with one attached hydrogen (secondary N) is 1. The summed E-state index contributed by atoms with van der Waals surface area (Å²) >= 11 is 2.04. The van der Waals surface area contributed by atoms with Gasteiger partial charge >= 0.3 is 0 Å². The van der Waals surface area contributed by atoms with E-state index in [9.17, 15) is 0 Å². The topological polar surface area (TPSA) is 28.2 Å². The van der Waals surface area contributed by atoms with Crippen LogP contribution < -0.4 is 10.2 Å². The Bertz CT molecular complexity index is 329. The number of pyridine rings is 1. The van der Waals surface area contributed by atoms with E-state index in [1.165, 1.54) is 5.75 Å². The molecular formula is C11H17N3S. The van der Waals surface area contributed by atoms with Gasteiger partial charge in [0.1, 0.15) is 11.6 Å². The van der Waals surface area contributed by atoms with Gasteiger partial charge in [-0.2, -0.15) is 11.8 Å². The smallest absolute Gasteiger partial charge is 0.131 e. The summed E-state index contributed by atoms with van der Waals surface area (Å²) in [5.74, 6) is 3.24. The molecule has 1 saturated heterocycles. The predicted octanol–water partition coefficient (Wildman–Crippen LogP) is 2.06. The predicted molar refractivity (Wildman–Crippen MR) is 67.9 cm³/mol. The second-order valence-corrected chi connectivity index (χ2v) is 5.30. The molecule has 82 valence electrons. The highest BCUT2D eigenvalue weighted by atomic mass is 32.2. The number of anilines is 2. The fraction of sp³-hybridized carbons (Fsp3) is 0.545. The molecule has 1 aliphatic rings. The minimum absolute atomic E-state index is 0.707. The Morgan fingerprint density at radius 1 is 1.53 bits per heavy atom. The lowest BCUT2D eigenvalue weighted by atomic mass is 10.3. The maximum Gasteiger partial charge on any atom is 0.131 e. The van der Waals surface area contributed by atoms with Crippen molar-refractivity contribution in [3.05, 3.63) is 18.2 Å². The molecule has 0 bridgehead atoms. The van der Waals surface area contributed by atoms with Crippen molar-refractivity contribution in [2.45, 2.75) is 12.2 Å². The molecule has 2 heterocycles. The molecule has 1 atom stereocenters. The van der Waals surface area contributed by atoms with Gasteiger partial charge in [-0.1, -0.05) is 13.0 Å². The maximum absolute atomic E-state index is 4.55. The Morgan fingerprint density at radius 3 is 3.13 bits per heavy atom. The van der Waals surface area contributed by atoms with Crippen LogP contribution in [0.15, 0.2) is 18.2 Å². The Kier molecular flexibility index (Phi) is 3.36. The average Bonchev–Trinajstić information content (AvgIpc) is 2.29. The number of hydrogen-bond donors (Lipinski definition) is 1. The fourth-order valence-electron chi connectivity index (χ4n) is 1.77. The van der Waals surface area contributed by atoms with Crippen LogP contribution in [-0.2, 0) is 0 Å². The van der Waals surface area contributed by atoms with E-state index in [4.69, 9.17) is 0 Å². The van der Waals surface area contributed by atoms with Crippen LogP contribution in [0.4, 0.5) is 11.6 Å². The Balaban J connectivity index is 2.13. The molecule has 4 heteroatoms. The van der Waals surface area contributed by atoms with Crippen molar-refractivity contribution in [2.75, 3.05) is 36.1 Å². The van der Waals surface area contributed by atoms with E-state index in [0.717, 1.165) is 24.7 Å². The first-order valence-electron chi connectivity index (χ1n) is 5.31. The quantitative estimate of drug-likeness (QED) is 0.831. The van der Waals surface area contributed by atoms with Gasteiger partial charge in [-0.15, -0.1) is 0 Å². The maximum atomic E-state index is 4.55. The molecule has 1 aromatic rings. The molecule has 1 aliphatic heterocycles. The highest BCUT2D eigenvalue weighted by molar-refractivity contribution is 8.00. The van der Waals surface area contributed by atoms with Crippen molar-refractivity contribution in [2.24, 2.45) is 0 Å². The third-order valence-electron chi connectivity index (χ3n) is 2.56. The van der Waals surface area contributed by atoms with E-state index in [1.807, 2.05) is 24.9 Å². The molecule has 0 spiro atoms. The minimum Gasteiger partial charge on any atom is -0.373 e. The summed E-state index contributed by atoms with van der Waals surface area (Å²) in [6, 6.07) is 6.13. The number of hydrogen-bond acceptors (Lipinski definition) is 4. The Labute approximate surface area is 95.3 Å². The van der Waals surface area contributed by atoms with E-state index >= 15 is 0 Å². The van der Waals surface area contributed by atoms with Crippen molar-refractivity contribution in [3.63, 3.8) is 0 Å². The lowest BCUT2D eigenvalue weighted by molar-refractivity contribution is 0.771. The Morgan fingerprint density at radius 2 is 2.40 bits per heavy atom.